The first-order valence-corrected chi connectivity index (χ1v) is 5.69. The molecule has 0 aromatic heterocycles. The molecule has 4 atom stereocenters. The lowest BCUT2D eigenvalue weighted by molar-refractivity contribution is -0.210. The molecule has 0 radical (unpaired) electrons. The highest BCUT2D eigenvalue weighted by Gasteiger charge is 2.66. The number of ether oxygens (including phenoxy) is 1. The van der Waals surface area contributed by atoms with Crippen LogP contribution in [0.25, 0.3) is 0 Å². The fourth-order valence-corrected chi connectivity index (χ4v) is 2.13. The Bertz CT molecular complexity index is 474. The van der Waals surface area contributed by atoms with Crippen LogP contribution in [0.3, 0.4) is 0 Å². The number of carbonyl (C=O) groups excluding carboxylic acids is 1. The van der Waals surface area contributed by atoms with Crippen molar-refractivity contribution in [3.8, 4) is 0 Å². The number of aliphatic hydroxyl groups excluding tert-OH is 2. The van der Waals surface area contributed by atoms with E-state index >= 15 is 0 Å². The molecule has 2 aliphatic rings. The minimum atomic E-state index is -3.03. The maximum atomic E-state index is 14.1. The number of aliphatic hydroxyl groups is 3. The Labute approximate surface area is 112 Å². The minimum absolute atomic E-state index is 0.0937. The number of halogens is 2. The van der Waals surface area contributed by atoms with Crippen molar-refractivity contribution < 1.29 is 33.6 Å². The number of alkyl halides is 2. The van der Waals surface area contributed by atoms with Crippen LogP contribution >= 0.6 is 0 Å². The minimum Gasteiger partial charge on any atom is -0.390 e. The topological polar surface area (TPSA) is 102 Å². The molecule has 0 bridgehead atoms. The van der Waals surface area contributed by atoms with Gasteiger partial charge in [0, 0.05) is 12.3 Å². The second-order valence-electron chi connectivity index (χ2n) is 4.60. The lowest BCUT2D eigenvalue weighted by atomic mass is 9.94. The van der Waals surface area contributed by atoms with E-state index in [0.29, 0.717) is 0 Å². The Morgan fingerprint density at radius 1 is 1.60 bits per heavy atom. The normalized spacial score (nSPS) is 41.1. The summed E-state index contributed by atoms with van der Waals surface area (Å²) in [6.45, 7) is 0.646. The Kier molecular flexibility index (Phi) is 3.54. The molecule has 1 fully saturated rings. The van der Waals surface area contributed by atoms with Crippen molar-refractivity contribution in [3.63, 3.8) is 0 Å². The number of hydrogen-bond acceptors (Lipinski definition) is 6. The number of nitrogens with zero attached hydrogens (tertiary/aromatic N) is 1. The lowest BCUT2D eigenvalue weighted by Crippen LogP contribution is -2.57. The van der Waals surface area contributed by atoms with E-state index in [-0.39, 0.29) is 5.82 Å². The summed E-state index contributed by atoms with van der Waals surface area (Å²) >= 11 is 0. The predicted molar refractivity (Wildman–Crippen MR) is 61.0 cm³/mol. The highest BCUT2D eigenvalue weighted by molar-refractivity contribution is 5.89. The molecule has 0 unspecified atom stereocenters. The first-order valence-electron chi connectivity index (χ1n) is 5.69. The molecule has 0 aromatic carbocycles. The number of hydrogen-bond donors (Lipinski definition) is 4. The SMILES string of the molecule is C=C1NC(=O)C=CN1[C@@H]1O[C@](F)(CO)[C@@H](O)[C@]1(O)CF. The van der Waals surface area contributed by atoms with Gasteiger partial charge in [0.25, 0.3) is 11.8 Å². The highest BCUT2D eigenvalue weighted by atomic mass is 19.2. The van der Waals surface area contributed by atoms with Gasteiger partial charge in [-0.2, -0.15) is 0 Å². The summed E-state index contributed by atoms with van der Waals surface area (Å²) in [5.74, 6) is -3.63. The van der Waals surface area contributed by atoms with Crippen LogP contribution in [0.2, 0.25) is 0 Å². The number of nitrogens with one attached hydrogen (secondary N) is 1. The Balaban J connectivity index is 2.38. The van der Waals surface area contributed by atoms with E-state index in [0.717, 1.165) is 17.2 Å². The van der Waals surface area contributed by atoms with Gasteiger partial charge in [-0.25, -0.2) is 8.78 Å². The summed E-state index contributed by atoms with van der Waals surface area (Å²) in [7, 11) is 0. The molecule has 0 aromatic rings. The molecule has 4 N–H and O–H groups in total. The van der Waals surface area contributed by atoms with Crippen LogP contribution in [0, 0.1) is 0 Å². The summed E-state index contributed by atoms with van der Waals surface area (Å²) in [6, 6.07) is 0. The van der Waals surface area contributed by atoms with Gasteiger partial charge in [0.1, 0.15) is 19.1 Å². The van der Waals surface area contributed by atoms with Gasteiger partial charge in [-0.05, 0) is 0 Å². The maximum Gasteiger partial charge on any atom is 0.263 e. The van der Waals surface area contributed by atoms with Gasteiger partial charge < -0.3 is 30.3 Å². The van der Waals surface area contributed by atoms with E-state index in [1.54, 1.807) is 0 Å². The molecular formula is C11H14F2N2O5. The summed E-state index contributed by atoms with van der Waals surface area (Å²) in [6.07, 6.45) is -1.89. The third-order valence-electron chi connectivity index (χ3n) is 3.27. The van der Waals surface area contributed by atoms with Crippen molar-refractivity contribution in [1.29, 1.82) is 0 Å². The zero-order valence-corrected chi connectivity index (χ0v) is 10.3. The molecule has 0 aliphatic carbocycles. The van der Waals surface area contributed by atoms with E-state index in [1.807, 2.05) is 0 Å². The molecule has 2 rings (SSSR count). The zero-order valence-electron chi connectivity index (χ0n) is 10.3. The zero-order chi connectivity index (χ0) is 15.1. The van der Waals surface area contributed by atoms with Gasteiger partial charge in [-0.15, -0.1) is 0 Å². The predicted octanol–water partition coefficient (Wildman–Crippen LogP) is -1.52. The standard InChI is InChI=1S/C11H14F2N2O5/c1-6-14-7(17)2-3-15(6)9-10(19,4-12)8(18)11(13,5-16)20-9/h2-3,8-9,16,18-19H,1,4-5H2,(H,14,17)/t8-,9+,10+,11+/m0/s1. The van der Waals surface area contributed by atoms with Gasteiger partial charge in [-0.1, -0.05) is 6.58 Å². The van der Waals surface area contributed by atoms with Crippen LogP contribution in [-0.2, 0) is 9.53 Å². The Morgan fingerprint density at radius 2 is 2.25 bits per heavy atom. The fraction of sp³-hybridized carbons (Fsp3) is 0.545. The van der Waals surface area contributed by atoms with Crippen molar-refractivity contribution in [3.05, 3.63) is 24.7 Å². The average molecular weight is 292 g/mol. The molecule has 9 heteroatoms. The number of carbonyl (C=O) groups is 1. The van der Waals surface area contributed by atoms with Crippen molar-refractivity contribution in [2.75, 3.05) is 13.3 Å². The first-order chi connectivity index (χ1) is 9.28. The highest BCUT2D eigenvalue weighted by Crippen LogP contribution is 2.42. The first kappa shape index (κ1) is 14.9. The molecule has 7 nitrogen and oxygen atoms in total. The van der Waals surface area contributed by atoms with Crippen LogP contribution in [-0.4, -0.2) is 63.2 Å². The van der Waals surface area contributed by atoms with E-state index in [1.165, 1.54) is 0 Å². The van der Waals surface area contributed by atoms with Gasteiger partial charge in [-0.3, -0.25) is 4.79 Å². The third kappa shape index (κ3) is 1.99. The Morgan fingerprint density at radius 3 is 2.75 bits per heavy atom. The van der Waals surface area contributed by atoms with Gasteiger partial charge >= 0.3 is 0 Å². The molecule has 1 saturated heterocycles. The summed E-state index contributed by atoms with van der Waals surface area (Å²) in [5, 5.41) is 31.0. The van der Waals surface area contributed by atoms with Crippen molar-refractivity contribution in [1.82, 2.24) is 10.2 Å². The second-order valence-corrected chi connectivity index (χ2v) is 4.60. The summed E-state index contributed by atoms with van der Waals surface area (Å²) < 4.78 is 32.0. The van der Waals surface area contributed by atoms with Crippen LogP contribution in [0.1, 0.15) is 0 Å². The van der Waals surface area contributed by atoms with Crippen LogP contribution in [0.5, 0.6) is 0 Å². The summed E-state index contributed by atoms with van der Waals surface area (Å²) in [5.41, 5.74) is -2.63. The largest absolute Gasteiger partial charge is 0.390 e. The van der Waals surface area contributed by atoms with Crippen LogP contribution in [0.4, 0.5) is 8.78 Å². The van der Waals surface area contributed by atoms with E-state index in [4.69, 9.17) is 9.84 Å². The molecule has 0 spiro atoms. The van der Waals surface area contributed by atoms with Crippen LogP contribution < -0.4 is 5.32 Å². The van der Waals surface area contributed by atoms with Gasteiger partial charge in [0.05, 0.1) is 0 Å². The van der Waals surface area contributed by atoms with E-state index in [2.05, 4.69) is 11.9 Å². The van der Waals surface area contributed by atoms with Gasteiger partial charge in [0.2, 0.25) is 0 Å². The third-order valence-corrected chi connectivity index (χ3v) is 3.27. The Hall–Kier alpha value is -1.55. The molecule has 112 valence electrons. The molecule has 2 heterocycles. The van der Waals surface area contributed by atoms with E-state index in [9.17, 15) is 23.8 Å². The quantitative estimate of drug-likeness (QED) is 0.504. The molecule has 2 aliphatic heterocycles. The molecular weight excluding hydrogens is 278 g/mol. The van der Waals surface area contributed by atoms with Gasteiger partial charge in [0.15, 0.2) is 17.9 Å². The fourth-order valence-electron chi connectivity index (χ4n) is 2.13. The molecule has 20 heavy (non-hydrogen) atoms. The molecule has 1 amide bonds. The van der Waals surface area contributed by atoms with Crippen molar-refractivity contribution in [2.45, 2.75) is 23.8 Å². The van der Waals surface area contributed by atoms with Crippen LogP contribution in [0.15, 0.2) is 24.7 Å². The average Bonchev–Trinajstić information content (AvgIpc) is 2.62. The lowest BCUT2D eigenvalue weighted by Gasteiger charge is -2.37. The summed E-state index contributed by atoms with van der Waals surface area (Å²) in [4.78, 5) is 12.0. The smallest absolute Gasteiger partial charge is 0.263 e. The van der Waals surface area contributed by atoms with Crippen molar-refractivity contribution >= 4 is 5.91 Å². The maximum absolute atomic E-state index is 14.1. The molecule has 0 saturated carbocycles. The van der Waals surface area contributed by atoms with Crippen molar-refractivity contribution in [2.24, 2.45) is 0 Å². The number of rotatable bonds is 3. The number of amides is 1. The monoisotopic (exact) mass is 292 g/mol. The second kappa shape index (κ2) is 4.77. The van der Waals surface area contributed by atoms with E-state index < -0.39 is 43.0 Å².